The van der Waals surface area contributed by atoms with Crippen LogP contribution in [-0.2, 0) is 17.5 Å². The van der Waals surface area contributed by atoms with Crippen molar-refractivity contribution in [1.29, 1.82) is 0 Å². The molecule has 1 amide bonds. The van der Waals surface area contributed by atoms with Gasteiger partial charge in [0.2, 0.25) is 5.95 Å². The van der Waals surface area contributed by atoms with Crippen molar-refractivity contribution in [2.75, 3.05) is 16.8 Å². The van der Waals surface area contributed by atoms with Crippen molar-refractivity contribution >= 4 is 33.7 Å². The van der Waals surface area contributed by atoms with Gasteiger partial charge in [0.1, 0.15) is 0 Å². The Bertz CT molecular complexity index is 1200. The van der Waals surface area contributed by atoms with E-state index in [-0.39, 0.29) is 12.6 Å². The van der Waals surface area contributed by atoms with E-state index < -0.39 is 23.9 Å². The number of benzene rings is 2. The summed E-state index contributed by atoms with van der Waals surface area (Å²) >= 11 is 3.44. The monoisotopic (exact) mass is 552 g/mol. The van der Waals surface area contributed by atoms with Crippen LogP contribution in [0.2, 0.25) is 0 Å². The molecule has 8 nitrogen and oxygen atoms in total. The molecule has 0 spiro atoms. The zero-order valence-electron chi connectivity index (χ0n) is 19.1. The molecule has 0 radical (unpaired) electrons. The van der Waals surface area contributed by atoms with Crippen molar-refractivity contribution in [2.45, 2.75) is 51.5 Å². The first-order valence-corrected chi connectivity index (χ1v) is 11.9. The summed E-state index contributed by atoms with van der Waals surface area (Å²) < 4.78 is 48.3. The average Bonchev–Trinajstić information content (AvgIpc) is 3.24. The molecule has 12 heteroatoms. The predicted molar refractivity (Wildman–Crippen MR) is 127 cm³/mol. The minimum atomic E-state index is -4.53. The summed E-state index contributed by atoms with van der Waals surface area (Å²) in [5, 5.41) is 15.1. The fraction of sp³-hybridized carbons (Fsp3) is 0.391. The van der Waals surface area contributed by atoms with E-state index in [2.05, 4.69) is 36.8 Å². The first-order valence-electron chi connectivity index (χ1n) is 11.2. The second-order valence-corrected chi connectivity index (χ2v) is 9.04. The highest BCUT2D eigenvalue weighted by molar-refractivity contribution is 9.10. The molecule has 1 aliphatic rings. The Morgan fingerprint density at radius 2 is 2.03 bits per heavy atom. The summed E-state index contributed by atoms with van der Waals surface area (Å²) in [7, 11) is 0. The third-order valence-corrected chi connectivity index (χ3v) is 6.35. The van der Waals surface area contributed by atoms with E-state index in [0.29, 0.717) is 36.6 Å². The molecule has 0 fully saturated rings. The van der Waals surface area contributed by atoms with E-state index in [9.17, 15) is 18.0 Å². The van der Waals surface area contributed by atoms with Gasteiger partial charge in [-0.15, -0.1) is 0 Å². The van der Waals surface area contributed by atoms with E-state index in [4.69, 9.17) is 4.74 Å². The van der Waals surface area contributed by atoms with Crippen LogP contribution in [0.15, 0.2) is 46.9 Å². The number of nitrogens with zero attached hydrogens (tertiary/aromatic N) is 5. The maximum Gasteiger partial charge on any atom is 0.416 e. The first kappa shape index (κ1) is 25.0. The van der Waals surface area contributed by atoms with Crippen molar-refractivity contribution in [3.05, 3.63) is 63.6 Å². The van der Waals surface area contributed by atoms with Crippen LogP contribution in [0.5, 0.6) is 0 Å². The number of aromatic nitrogens is 4. The maximum absolute atomic E-state index is 13.6. The summed E-state index contributed by atoms with van der Waals surface area (Å²) in [6.07, 6.45) is -4.18. The van der Waals surface area contributed by atoms with Gasteiger partial charge in [-0.05, 0) is 71.7 Å². The van der Waals surface area contributed by atoms with Crippen molar-refractivity contribution < 1.29 is 22.7 Å². The van der Waals surface area contributed by atoms with Gasteiger partial charge in [0.25, 0.3) is 0 Å². The number of halogens is 4. The van der Waals surface area contributed by atoms with Gasteiger partial charge in [-0.1, -0.05) is 40.1 Å². The van der Waals surface area contributed by atoms with Crippen LogP contribution in [0.3, 0.4) is 0 Å². The second kappa shape index (κ2) is 10.2. The van der Waals surface area contributed by atoms with Gasteiger partial charge in [0, 0.05) is 10.5 Å². The molecular formula is C23H24BrF3N6O2. The number of amides is 1. The Morgan fingerprint density at radius 1 is 1.23 bits per heavy atom. The zero-order chi connectivity index (χ0) is 25.2. The topological polar surface area (TPSA) is 85.2 Å². The smallest absolute Gasteiger partial charge is 0.416 e. The lowest BCUT2D eigenvalue weighted by molar-refractivity contribution is -0.137. The number of tetrazole rings is 1. The lowest BCUT2D eigenvalue weighted by Gasteiger charge is -2.40. The molecule has 1 aromatic heterocycles. The van der Waals surface area contributed by atoms with Gasteiger partial charge < -0.3 is 10.1 Å². The first-order chi connectivity index (χ1) is 16.7. The molecule has 2 atom stereocenters. The number of hydrogen-bond donors (Lipinski definition) is 1. The van der Waals surface area contributed by atoms with E-state index >= 15 is 0 Å². The van der Waals surface area contributed by atoms with Crippen LogP contribution in [0.25, 0.3) is 0 Å². The molecule has 0 unspecified atom stereocenters. The summed E-state index contributed by atoms with van der Waals surface area (Å²) in [6, 6.07) is 10.2. The van der Waals surface area contributed by atoms with E-state index in [1.807, 2.05) is 31.2 Å². The molecule has 3 aromatic rings. The Balaban J connectivity index is 1.71. The number of hydrogen-bond acceptors (Lipinski definition) is 6. The van der Waals surface area contributed by atoms with Gasteiger partial charge in [-0.25, -0.2) is 9.48 Å². The number of carbonyl (C=O) groups is 1. The minimum absolute atomic E-state index is 0.161. The number of carbonyl (C=O) groups excluding carboxylic acids is 1. The summed E-state index contributed by atoms with van der Waals surface area (Å²) in [6.45, 7) is 4.13. The number of rotatable bonds is 6. The number of anilines is 2. The lowest BCUT2D eigenvalue weighted by Crippen LogP contribution is -2.46. The summed E-state index contributed by atoms with van der Waals surface area (Å²) in [5.74, 6) is 0.317. The largest absolute Gasteiger partial charge is 0.449 e. The average molecular weight is 553 g/mol. The van der Waals surface area contributed by atoms with E-state index in [0.717, 1.165) is 22.2 Å². The van der Waals surface area contributed by atoms with Crippen molar-refractivity contribution in [3.8, 4) is 0 Å². The van der Waals surface area contributed by atoms with Gasteiger partial charge >= 0.3 is 12.3 Å². The van der Waals surface area contributed by atoms with Crippen LogP contribution in [-0.4, -0.2) is 38.9 Å². The van der Waals surface area contributed by atoms with E-state index in [1.54, 1.807) is 11.6 Å². The van der Waals surface area contributed by atoms with Crippen LogP contribution in [0.1, 0.15) is 49.4 Å². The molecule has 1 aliphatic heterocycles. The maximum atomic E-state index is 13.6. The lowest BCUT2D eigenvalue weighted by atomic mass is 9.89. The predicted octanol–water partition coefficient (Wildman–Crippen LogP) is 5.80. The fourth-order valence-electron chi connectivity index (χ4n) is 4.24. The Labute approximate surface area is 208 Å². The molecule has 2 aromatic carbocycles. The third kappa shape index (κ3) is 5.42. The number of nitrogens with one attached hydrogen (secondary N) is 1. The van der Waals surface area contributed by atoms with Gasteiger partial charge in [-0.2, -0.15) is 13.2 Å². The molecule has 0 bridgehead atoms. The van der Waals surface area contributed by atoms with Crippen LogP contribution < -0.4 is 10.2 Å². The molecule has 2 heterocycles. The standard InChI is InChI=1S/C23H24BrF3N6O2/c1-3-17-12-19(28-21-29-30-31-32(21)13-14-6-5-7-16(24)10-14)18-11-15(23(25,26)27)8-9-20(18)33(17)22(34)35-4-2/h5-11,17,19H,3-4,12-13H2,1-2H3,(H,28,29,31)/t17-,19+/m1/s1. The summed E-state index contributed by atoms with van der Waals surface area (Å²) in [4.78, 5) is 14.2. The fourth-order valence-corrected chi connectivity index (χ4v) is 4.68. The SMILES string of the molecule is CCOC(=O)N1c2ccc(C(F)(F)F)cc2[C@@H](Nc2nnnn2Cc2cccc(Br)c2)C[C@H]1CC. The Morgan fingerprint density at radius 3 is 2.71 bits per heavy atom. The zero-order valence-corrected chi connectivity index (χ0v) is 20.7. The molecule has 0 aliphatic carbocycles. The van der Waals surface area contributed by atoms with Gasteiger partial charge in [0.05, 0.1) is 30.4 Å². The molecule has 0 saturated heterocycles. The quantitative estimate of drug-likeness (QED) is 0.416. The molecule has 186 valence electrons. The third-order valence-electron chi connectivity index (χ3n) is 5.86. The Kier molecular flexibility index (Phi) is 7.29. The van der Waals surface area contributed by atoms with E-state index in [1.165, 1.54) is 11.0 Å². The molecule has 1 N–H and O–H groups in total. The van der Waals surface area contributed by atoms with Crippen molar-refractivity contribution in [3.63, 3.8) is 0 Å². The summed E-state index contributed by atoms with van der Waals surface area (Å²) in [5.41, 5.74) is 0.848. The van der Waals surface area contributed by atoms with Gasteiger partial charge in [0.15, 0.2) is 0 Å². The molecule has 0 saturated carbocycles. The second-order valence-electron chi connectivity index (χ2n) is 8.13. The minimum Gasteiger partial charge on any atom is -0.449 e. The van der Waals surface area contributed by atoms with Gasteiger partial charge in [-0.3, -0.25) is 4.90 Å². The van der Waals surface area contributed by atoms with Crippen LogP contribution in [0, 0.1) is 0 Å². The Hall–Kier alpha value is -3.15. The van der Waals surface area contributed by atoms with Crippen LogP contribution >= 0.6 is 15.9 Å². The molecular weight excluding hydrogens is 529 g/mol. The highest BCUT2D eigenvalue weighted by Crippen LogP contribution is 2.43. The van der Waals surface area contributed by atoms with Crippen molar-refractivity contribution in [2.24, 2.45) is 0 Å². The normalized spacial score (nSPS) is 17.7. The van der Waals surface area contributed by atoms with Crippen molar-refractivity contribution in [1.82, 2.24) is 20.2 Å². The number of fused-ring (bicyclic) bond motifs is 1. The van der Waals surface area contributed by atoms with Crippen LogP contribution in [0.4, 0.5) is 29.6 Å². The highest BCUT2D eigenvalue weighted by atomic mass is 79.9. The highest BCUT2D eigenvalue weighted by Gasteiger charge is 2.39. The number of ether oxygens (including phenoxy) is 1. The molecule has 4 rings (SSSR count). The molecule has 35 heavy (non-hydrogen) atoms. The number of alkyl halides is 3.